The number of furan rings is 1. The molecule has 1 rings (SSSR count). The Balaban J connectivity index is 2.54. The molecule has 1 aromatic rings. The number of carbonyl (C=O) groups is 1. The van der Waals surface area contributed by atoms with E-state index in [-0.39, 0.29) is 5.76 Å². The quantitative estimate of drug-likeness (QED) is 0.726. The van der Waals surface area contributed by atoms with E-state index in [4.69, 9.17) is 10.2 Å². The van der Waals surface area contributed by atoms with Gasteiger partial charge in [0.05, 0.1) is 6.54 Å². The summed E-state index contributed by atoms with van der Waals surface area (Å²) in [7, 11) is 0. The number of hydrogen-bond donors (Lipinski definition) is 2. The predicted octanol–water partition coefficient (Wildman–Crippen LogP) is 0.877. The fourth-order valence-electron chi connectivity index (χ4n) is 0.910. The SMILES string of the molecule is CC(C)NCc1ccc(C(N)=O)o1. The van der Waals surface area contributed by atoms with E-state index in [1.165, 1.54) is 0 Å². The van der Waals surface area contributed by atoms with Gasteiger partial charge < -0.3 is 15.5 Å². The van der Waals surface area contributed by atoms with Crippen molar-refractivity contribution in [3.05, 3.63) is 23.7 Å². The Labute approximate surface area is 77.1 Å². The summed E-state index contributed by atoms with van der Waals surface area (Å²) in [5.41, 5.74) is 5.03. The van der Waals surface area contributed by atoms with Gasteiger partial charge in [-0.3, -0.25) is 4.79 Å². The molecule has 0 aliphatic rings. The van der Waals surface area contributed by atoms with E-state index >= 15 is 0 Å². The van der Waals surface area contributed by atoms with Crippen LogP contribution < -0.4 is 11.1 Å². The molecule has 0 radical (unpaired) electrons. The number of amides is 1. The fourth-order valence-corrected chi connectivity index (χ4v) is 0.910. The largest absolute Gasteiger partial charge is 0.455 e. The van der Waals surface area contributed by atoms with Crippen LogP contribution in [-0.2, 0) is 6.54 Å². The van der Waals surface area contributed by atoms with Gasteiger partial charge in [0.15, 0.2) is 5.76 Å². The number of primary amides is 1. The van der Waals surface area contributed by atoms with Gasteiger partial charge in [0.2, 0.25) is 0 Å². The van der Waals surface area contributed by atoms with E-state index in [1.54, 1.807) is 12.1 Å². The maximum absolute atomic E-state index is 10.7. The van der Waals surface area contributed by atoms with Gasteiger partial charge in [-0.25, -0.2) is 0 Å². The Morgan fingerprint density at radius 3 is 2.77 bits per heavy atom. The van der Waals surface area contributed by atoms with Crippen LogP contribution in [0.5, 0.6) is 0 Å². The van der Waals surface area contributed by atoms with E-state index in [1.807, 2.05) is 13.8 Å². The number of hydrogen-bond acceptors (Lipinski definition) is 3. The van der Waals surface area contributed by atoms with Crippen LogP contribution in [0.15, 0.2) is 16.5 Å². The van der Waals surface area contributed by atoms with Gasteiger partial charge in [0.25, 0.3) is 5.91 Å². The molecule has 72 valence electrons. The third-order valence-electron chi connectivity index (χ3n) is 1.59. The van der Waals surface area contributed by atoms with Crippen molar-refractivity contribution in [2.24, 2.45) is 5.73 Å². The molecule has 0 spiro atoms. The molecule has 0 aliphatic carbocycles. The van der Waals surface area contributed by atoms with E-state index in [0.717, 1.165) is 5.76 Å². The molecule has 0 bridgehead atoms. The van der Waals surface area contributed by atoms with Gasteiger partial charge in [-0.1, -0.05) is 13.8 Å². The third-order valence-corrected chi connectivity index (χ3v) is 1.59. The van der Waals surface area contributed by atoms with Crippen LogP contribution in [0.3, 0.4) is 0 Å². The first-order chi connectivity index (χ1) is 6.09. The Bertz CT molecular complexity index is 292. The molecule has 0 saturated heterocycles. The van der Waals surface area contributed by atoms with Crippen LogP contribution in [0.4, 0.5) is 0 Å². The van der Waals surface area contributed by atoms with Crippen molar-refractivity contribution in [2.45, 2.75) is 26.4 Å². The monoisotopic (exact) mass is 182 g/mol. The van der Waals surface area contributed by atoms with Crippen molar-refractivity contribution in [3.8, 4) is 0 Å². The molecular weight excluding hydrogens is 168 g/mol. The van der Waals surface area contributed by atoms with Crippen molar-refractivity contribution in [1.82, 2.24) is 5.32 Å². The average Bonchev–Trinajstić information content (AvgIpc) is 2.48. The number of nitrogens with two attached hydrogens (primary N) is 1. The maximum atomic E-state index is 10.7. The van der Waals surface area contributed by atoms with E-state index in [2.05, 4.69) is 5.32 Å². The van der Waals surface area contributed by atoms with Crippen LogP contribution in [0.2, 0.25) is 0 Å². The van der Waals surface area contributed by atoms with Crippen LogP contribution >= 0.6 is 0 Å². The summed E-state index contributed by atoms with van der Waals surface area (Å²) in [6, 6.07) is 3.72. The Hall–Kier alpha value is -1.29. The second-order valence-electron chi connectivity index (χ2n) is 3.17. The Morgan fingerprint density at radius 1 is 1.62 bits per heavy atom. The first kappa shape index (κ1) is 9.80. The normalized spacial score (nSPS) is 10.7. The van der Waals surface area contributed by atoms with Crippen molar-refractivity contribution in [1.29, 1.82) is 0 Å². The molecule has 4 heteroatoms. The minimum atomic E-state index is -0.532. The summed E-state index contributed by atoms with van der Waals surface area (Å²) in [6.45, 7) is 4.70. The zero-order valence-corrected chi connectivity index (χ0v) is 7.83. The molecule has 3 N–H and O–H groups in total. The van der Waals surface area contributed by atoms with Crippen LogP contribution in [-0.4, -0.2) is 11.9 Å². The molecule has 0 fully saturated rings. The Kier molecular flexibility index (Phi) is 3.08. The molecule has 0 unspecified atom stereocenters. The Morgan fingerprint density at radius 2 is 2.31 bits per heavy atom. The van der Waals surface area contributed by atoms with Gasteiger partial charge >= 0.3 is 0 Å². The highest BCUT2D eigenvalue weighted by atomic mass is 16.3. The highest BCUT2D eigenvalue weighted by Crippen LogP contribution is 2.06. The van der Waals surface area contributed by atoms with Gasteiger partial charge in [-0.2, -0.15) is 0 Å². The van der Waals surface area contributed by atoms with Gasteiger partial charge in [0, 0.05) is 6.04 Å². The van der Waals surface area contributed by atoms with Gasteiger partial charge in [0.1, 0.15) is 5.76 Å². The predicted molar refractivity (Wildman–Crippen MR) is 49.2 cm³/mol. The van der Waals surface area contributed by atoms with Crippen molar-refractivity contribution < 1.29 is 9.21 Å². The van der Waals surface area contributed by atoms with E-state index in [9.17, 15) is 4.79 Å². The number of carbonyl (C=O) groups excluding carboxylic acids is 1. The topological polar surface area (TPSA) is 68.3 Å². The summed E-state index contributed by atoms with van der Waals surface area (Å²) in [5.74, 6) is 0.402. The average molecular weight is 182 g/mol. The molecule has 4 nitrogen and oxygen atoms in total. The minimum Gasteiger partial charge on any atom is -0.455 e. The highest BCUT2D eigenvalue weighted by Gasteiger charge is 2.06. The van der Waals surface area contributed by atoms with E-state index in [0.29, 0.717) is 12.6 Å². The zero-order chi connectivity index (χ0) is 9.84. The highest BCUT2D eigenvalue weighted by molar-refractivity contribution is 5.89. The van der Waals surface area contributed by atoms with Crippen molar-refractivity contribution in [2.75, 3.05) is 0 Å². The first-order valence-corrected chi connectivity index (χ1v) is 4.21. The van der Waals surface area contributed by atoms with Crippen LogP contribution in [0.1, 0.15) is 30.2 Å². The van der Waals surface area contributed by atoms with Crippen LogP contribution in [0.25, 0.3) is 0 Å². The molecule has 0 atom stereocenters. The summed E-state index contributed by atoms with van der Waals surface area (Å²) in [5, 5.41) is 3.17. The minimum absolute atomic E-state index is 0.209. The first-order valence-electron chi connectivity index (χ1n) is 4.21. The van der Waals surface area contributed by atoms with E-state index < -0.39 is 5.91 Å². The molecule has 1 heterocycles. The summed E-state index contributed by atoms with van der Waals surface area (Å²) >= 11 is 0. The molecule has 1 aromatic heterocycles. The summed E-state index contributed by atoms with van der Waals surface area (Å²) in [6.07, 6.45) is 0. The van der Waals surface area contributed by atoms with Gasteiger partial charge in [-0.05, 0) is 12.1 Å². The molecule has 13 heavy (non-hydrogen) atoms. The third kappa shape index (κ3) is 2.91. The fraction of sp³-hybridized carbons (Fsp3) is 0.444. The zero-order valence-electron chi connectivity index (χ0n) is 7.83. The molecule has 0 aromatic carbocycles. The smallest absolute Gasteiger partial charge is 0.284 e. The molecule has 0 aliphatic heterocycles. The lowest BCUT2D eigenvalue weighted by Gasteiger charge is -2.04. The molecule has 0 saturated carbocycles. The lowest BCUT2D eigenvalue weighted by atomic mass is 10.3. The van der Waals surface area contributed by atoms with Crippen LogP contribution in [0, 0.1) is 0 Å². The van der Waals surface area contributed by atoms with Crippen molar-refractivity contribution in [3.63, 3.8) is 0 Å². The summed E-state index contributed by atoms with van der Waals surface area (Å²) < 4.78 is 5.16. The molecule has 1 amide bonds. The second kappa shape index (κ2) is 4.09. The second-order valence-corrected chi connectivity index (χ2v) is 3.17. The number of nitrogens with one attached hydrogen (secondary N) is 1. The van der Waals surface area contributed by atoms with Gasteiger partial charge in [-0.15, -0.1) is 0 Å². The molecular formula is C9H14N2O2. The lowest BCUT2D eigenvalue weighted by Crippen LogP contribution is -2.21. The standard InChI is InChI=1S/C9H14N2O2/c1-6(2)11-5-7-3-4-8(13-7)9(10)12/h3-4,6,11H,5H2,1-2H3,(H2,10,12). The van der Waals surface area contributed by atoms with Crippen molar-refractivity contribution >= 4 is 5.91 Å². The number of rotatable bonds is 4. The lowest BCUT2D eigenvalue weighted by molar-refractivity contribution is 0.0972. The summed E-state index contributed by atoms with van der Waals surface area (Å²) in [4.78, 5) is 10.7. The maximum Gasteiger partial charge on any atom is 0.284 e.